The van der Waals surface area contributed by atoms with Crippen LogP contribution in [0.1, 0.15) is 79.0 Å². The van der Waals surface area contributed by atoms with Gasteiger partial charge in [0.25, 0.3) is 0 Å². The van der Waals surface area contributed by atoms with Gasteiger partial charge in [0.2, 0.25) is 11.8 Å². The van der Waals surface area contributed by atoms with Gasteiger partial charge in [-0.3, -0.25) is 9.59 Å². The molecule has 0 heterocycles. The number of hydrogen-bond acceptors (Lipinski definition) is 5. The van der Waals surface area contributed by atoms with Crippen molar-refractivity contribution < 1.29 is 24.2 Å². The third-order valence-electron chi connectivity index (χ3n) is 4.71. The molecular weight excluding hydrogens is 422 g/mol. The second kappa shape index (κ2) is 10.9. The van der Waals surface area contributed by atoms with Crippen molar-refractivity contribution in [2.75, 3.05) is 7.05 Å². The van der Waals surface area contributed by atoms with Crippen molar-refractivity contribution in [1.29, 1.82) is 0 Å². The SMILES string of the molecule is Cc1cc(C(C(=O)NC(C)(C)C)N(C)C(=O)C(CC(C)C)NC(=O)OC(C)(C)C)ccc1O. The minimum atomic E-state index is -0.953. The molecule has 0 aromatic heterocycles. The largest absolute Gasteiger partial charge is 0.508 e. The number of alkyl carbamates (subject to hydrolysis) is 1. The van der Waals surface area contributed by atoms with Gasteiger partial charge in [0.1, 0.15) is 23.4 Å². The number of carbonyl (C=O) groups is 3. The average molecular weight is 464 g/mol. The monoisotopic (exact) mass is 463 g/mol. The Bertz CT molecular complexity index is 853. The molecule has 0 bridgehead atoms. The zero-order valence-corrected chi connectivity index (χ0v) is 21.7. The molecule has 0 aliphatic carbocycles. The summed E-state index contributed by atoms with van der Waals surface area (Å²) in [6.07, 6.45) is -0.309. The Kier molecular flexibility index (Phi) is 9.33. The van der Waals surface area contributed by atoms with E-state index in [-0.39, 0.29) is 17.6 Å². The normalized spacial score (nSPS) is 13.8. The minimum Gasteiger partial charge on any atom is -0.508 e. The molecule has 0 saturated heterocycles. The van der Waals surface area contributed by atoms with Crippen LogP contribution in [0.5, 0.6) is 5.75 Å². The van der Waals surface area contributed by atoms with Gasteiger partial charge in [-0.2, -0.15) is 0 Å². The van der Waals surface area contributed by atoms with Crippen LogP contribution in [0.25, 0.3) is 0 Å². The lowest BCUT2D eigenvalue weighted by molar-refractivity contribution is -0.141. The number of amides is 3. The van der Waals surface area contributed by atoms with Gasteiger partial charge in [0.15, 0.2) is 0 Å². The van der Waals surface area contributed by atoms with Crippen LogP contribution in [-0.2, 0) is 14.3 Å². The van der Waals surface area contributed by atoms with E-state index >= 15 is 0 Å². The number of phenolic OH excluding ortho intramolecular Hbond substituents is 1. The second-order valence-electron chi connectivity index (χ2n) is 11.0. The maximum atomic E-state index is 13.5. The van der Waals surface area contributed by atoms with Gasteiger partial charge in [-0.25, -0.2) is 4.79 Å². The fourth-order valence-electron chi connectivity index (χ4n) is 3.35. The zero-order chi connectivity index (χ0) is 25.7. The van der Waals surface area contributed by atoms with Crippen molar-refractivity contribution in [3.05, 3.63) is 29.3 Å². The second-order valence-corrected chi connectivity index (χ2v) is 11.0. The van der Waals surface area contributed by atoms with Crippen LogP contribution in [0, 0.1) is 12.8 Å². The Morgan fingerprint density at radius 3 is 2.12 bits per heavy atom. The highest BCUT2D eigenvalue weighted by atomic mass is 16.6. The van der Waals surface area contributed by atoms with Crippen molar-refractivity contribution in [3.8, 4) is 5.75 Å². The number of nitrogens with one attached hydrogen (secondary N) is 2. The Labute approximate surface area is 198 Å². The lowest BCUT2D eigenvalue weighted by Gasteiger charge is -2.34. The molecule has 8 heteroatoms. The summed E-state index contributed by atoms with van der Waals surface area (Å²) in [7, 11) is 1.54. The number of hydrogen-bond donors (Lipinski definition) is 3. The number of benzene rings is 1. The Hall–Kier alpha value is -2.77. The lowest BCUT2D eigenvalue weighted by Crippen LogP contribution is -2.53. The zero-order valence-electron chi connectivity index (χ0n) is 21.7. The van der Waals surface area contributed by atoms with E-state index in [1.807, 2.05) is 34.6 Å². The molecule has 3 amide bonds. The fraction of sp³-hybridized carbons (Fsp3) is 0.640. The molecule has 3 N–H and O–H groups in total. The Morgan fingerprint density at radius 1 is 1.09 bits per heavy atom. The fourth-order valence-corrected chi connectivity index (χ4v) is 3.35. The Balaban J connectivity index is 3.33. The first-order valence-corrected chi connectivity index (χ1v) is 11.3. The van der Waals surface area contributed by atoms with Crippen LogP contribution in [0.4, 0.5) is 4.79 Å². The molecule has 0 fully saturated rings. The van der Waals surface area contributed by atoms with Gasteiger partial charge in [0, 0.05) is 12.6 Å². The molecule has 2 unspecified atom stereocenters. The predicted octanol–water partition coefficient (Wildman–Crippen LogP) is 4.05. The maximum Gasteiger partial charge on any atom is 0.408 e. The number of carbonyl (C=O) groups excluding carboxylic acids is 3. The third-order valence-corrected chi connectivity index (χ3v) is 4.71. The van der Waals surface area contributed by atoms with E-state index in [9.17, 15) is 19.5 Å². The lowest BCUT2D eigenvalue weighted by atomic mass is 9.97. The molecule has 0 aliphatic rings. The molecule has 0 radical (unpaired) electrons. The summed E-state index contributed by atoms with van der Waals surface area (Å²) in [5.41, 5.74) is -0.0757. The molecule has 0 aliphatic heterocycles. The number of phenols is 1. The summed E-state index contributed by atoms with van der Waals surface area (Å²) in [5, 5.41) is 15.5. The molecule has 1 aromatic rings. The van der Waals surface area contributed by atoms with Crippen molar-refractivity contribution >= 4 is 17.9 Å². The van der Waals surface area contributed by atoms with E-state index in [1.165, 1.54) is 11.0 Å². The molecule has 1 rings (SSSR count). The number of aromatic hydroxyl groups is 1. The minimum absolute atomic E-state index is 0.104. The number of ether oxygens (including phenoxy) is 1. The summed E-state index contributed by atoms with van der Waals surface area (Å²) in [5.74, 6) is -0.551. The number of rotatable bonds is 7. The van der Waals surface area contributed by atoms with Gasteiger partial charge in [-0.05, 0) is 84.1 Å². The maximum absolute atomic E-state index is 13.5. The summed E-state index contributed by atoms with van der Waals surface area (Å²) in [6.45, 7) is 16.4. The first kappa shape index (κ1) is 28.3. The van der Waals surface area contributed by atoms with Crippen molar-refractivity contribution in [1.82, 2.24) is 15.5 Å². The first-order valence-electron chi connectivity index (χ1n) is 11.3. The van der Waals surface area contributed by atoms with Crippen molar-refractivity contribution in [2.24, 2.45) is 5.92 Å². The first-order chi connectivity index (χ1) is 14.9. The highest BCUT2D eigenvalue weighted by molar-refractivity contribution is 5.92. The number of likely N-dealkylation sites (N-methyl/N-ethyl adjacent to an activating group) is 1. The van der Waals surface area contributed by atoms with Crippen LogP contribution < -0.4 is 10.6 Å². The van der Waals surface area contributed by atoms with Gasteiger partial charge in [0.05, 0.1) is 0 Å². The molecule has 0 spiro atoms. The van der Waals surface area contributed by atoms with Crippen molar-refractivity contribution in [3.63, 3.8) is 0 Å². The van der Waals surface area contributed by atoms with Crippen LogP contribution in [0.3, 0.4) is 0 Å². The van der Waals surface area contributed by atoms with E-state index in [4.69, 9.17) is 4.74 Å². The van der Waals surface area contributed by atoms with E-state index in [0.717, 1.165) is 0 Å². The summed E-state index contributed by atoms with van der Waals surface area (Å²) < 4.78 is 5.34. The summed E-state index contributed by atoms with van der Waals surface area (Å²) >= 11 is 0. The molecule has 33 heavy (non-hydrogen) atoms. The van der Waals surface area contributed by atoms with Gasteiger partial charge >= 0.3 is 6.09 Å². The van der Waals surface area contributed by atoms with Crippen molar-refractivity contribution in [2.45, 2.75) is 92.0 Å². The molecule has 8 nitrogen and oxygen atoms in total. The summed E-state index contributed by atoms with van der Waals surface area (Å²) in [4.78, 5) is 40.6. The smallest absolute Gasteiger partial charge is 0.408 e. The van der Waals surface area contributed by atoms with E-state index < -0.39 is 35.2 Å². The number of aryl methyl sites for hydroxylation is 1. The summed E-state index contributed by atoms with van der Waals surface area (Å²) in [6, 6.07) is 2.99. The van der Waals surface area contributed by atoms with Crippen LogP contribution in [0.15, 0.2) is 18.2 Å². The topological polar surface area (TPSA) is 108 Å². The molecular formula is C25H41N3O5. The van der Waals surface area contributed by atoms with Gasteiger partial charge in [-0.1, -0.05) is 19.9 Å². The van der Waals surface area contributed by atoms with E-state index in [1.54, 1.807) is 46.9 Å². The van der Waals surface area contributed by atoms with Gasteiger partial charge in [-0.15, -0.1) is 0 Å². The van der Waals surface area contributed by atoms with E-state index in [2.05, 4.69) is 10.6 Å². The van der Waals surface area contributed by atoms with Gasteiger partial charge < -0.3 is 25.4 Å². The van der Waals surface area contributed by atoms with E-state index in [0.29, 0.717) is 17.5 Å². The Morgan fingerprint density at radius 2 is 1.67 bits per heavy atom. The third kappa shape index (κ3) is 9.32. The van der Waals surface area contributed by atoms with Crippen LogP contribution in [-0.4, -0.2) is 52.1 Å². The average Bonchev–Trinajstić information content (AvgIpc) is 2.60. The van der Waals surface area contributed by atoms with Crippen LogP contribution in [0.2, 0.25) is 0 Å². The molecule has 0 saturated carbocycles. The molecule has 2 atom stereocenters. The molecule has 186 valence electrons. The predicted molar refractivity (Wildman–Crippen MR) is 129 cm³/mol. The number of nitrogens with zero attached hydrogens (tertiary/aromatic N) is 1. The highest BCUT2D eigenvalue weighted by Gasteiger charge is 2.35. The standard InChI is InChI=1S/C25H41N3O5/c1-15(2)13-18(26-23(32)33-25(7,8)9)22(31)28(10)20(21(30)27-24(4,5)6)17-11-12-19(29)16(3)14-17/h11-12,14-15,18,20,29H,13H2,1-10H3,(H,26,32)(H,27,30). The van der Waals surface area contributed by atoms with Crippen LogP contribution >= 0.6 is 0 Å². The molecule has 1 aromatic carbocycles. The quantitative estimate of drug-likeness (QED) is 0.565. The highest BCUT2D eigenvalue weighted by Crippen LogP contribution is 2.27.